The van der Waals surface area contributed by atoms with Crippen LogP contribution in [0.2, 0.25) is 0 Å². The Balaban J connectivity index is 0.786. The molecular weight excluding hydrogens is 1040 g/mol. The van der Waals surface area contributed by atoms with Crippen molar-refractivity contribution in [2.24, 2.45) is 0 Å². The summed E-state index contributed by atoms with van der Waals surface area (Å²) in [4.78, 5) is 4.85. The second-order valence-corrected chi connectivity index (χ2v) is 23.5. The van der Waals surface area contributed by atoms with Gasteiger partial charge in [0, 0.05) is 34.1 Å². The zero-order valence-corrected chi connectivity index (χ0v) is 47.1. The van der Waals surface area contributed by atoms with Gasteiger partial charge in [-0.1, -0.05) is 243 Å². The van der Waals surface area contributed by atoms with Gasteiger partial charge in [-0.3, -0.25) is 0 Å². The highest BCUT2D eigenvalue weighted by Gasteiger charge is 2.53. The van der Waals surface area contributed by atoms with Gasteiger partial charge < -0.3 is 9.80 Å². The van der Waals surface area contributed by atoms with E-state index in [9.17, 15) is 0 Å². The normalized spacial score (nSPS) is 13.7. The summed E-state index contributed by atoms with van der Waals surface area (Å²) in [7, 11) is 0. The van der Waals surface area contributed by atoms with E-state index in [0.717, 1.165) is 45.3 Å². The van der Waals surface area contributed by atoms with E-state index in [4.69, 9.17) is 0 Å². The lowest BCUT2D eigenvalue weighted by atomic mass is 9.70. The van der Waals surface area contributed by atoms with Crippen molar-refractivity contribution in [1.29, 1.82) is 0 Å². The van der Waals surface area contributed by atoms with E-state index in [2.05, 4.69) is 337 Å². The molecule has 0 N–H and O–H groups in total. The quantitative estimate of drug-likeness (QED) is 0.140. The highest BCUT2D eigenvalue weighted by Crippen LogP contribution is 2.65. The van der Waals surface area contributed by atoms with Gasteiger partial charge in [0.15, 0.2) is 0 Å². The molecule has 2 nitrogen and oxygen atoms in total. The Bertz CT molecular complexity index is 4730. The van der Waals surface area contributed by atoms with Crippen molar-refractivity contribution in [3.8, 4) is 44.5 Å². The Morgan fingerprint density at radius 3 is 0.849 bits per heavy atom. The summed E-state index contributed by atoms with van der Waals surface area (Å²) < 4.78 is 0. The van der Waals surface area contributed by atoms with Crippen LogP contribution >= 0.6 is 0 Å². The molecule has 2 spiro atoms. The average molecular weight is 1090 g/mol. The van der Waals surface area contributed by atoms with Gasteiger partial charge in [0.2, 0.25) is 0 Å². The maximum atomic E-state index is 2.50. The smallest absolute Gasteiger partial charge is 0.0726 e. The van der Waals surface area contributed by atoms with Crippen LogP contribution in [0.1, 0.15) is 55.6 Å². The molecule has 14 aromatic carbocycles. The molecule has 0 aromatic heterocycles. The Labute approximate surface area is 501 Å². The zero-order valence-electron chi connectivity index (χ0n) is 47.1. The first-order chi connectivity index (χ1) is 42.6. The molecule has 0 radical (unpaired) electrons. The minimum absolute atomic E-state index is 0.554. The SMILES string of the molecule is C(=C\c1ccc2c(c1)C1(c3ccccc3-c3ccccc31)c1cc(N(c3ccccc3)c3ccc4ccccc4c3)ccc1-2)/c1ccc2c(c1)C1(c3ccccc3-c3ccccc31)c1cc(N(c3ccccc3)c3ccc4ccccc4c3)ccc1-2. The van der Waals surface area contributed by atoms with Crippen LogP contribution in [0, 0.1) is 0 Å². The monoisotopic (exact) mass is 1090 g/mol. The molecule has 0 bridgehead atoms. The highest BCUT2D eigenvalue weighted by atomic mass is 15.1. The number of anilines is 6. The van der Waals surface area contributed by atoms with Gasteiger partial charge in [0.25, 0.3) is 0 Å². The van der Waals surface area contributed by atoms with E-state index < -0.39 is 10.8 Å². The van der Waals surface area contributed by atoms with Crippen LogP contribution in [0.3, 0.4) is 0 Å². The highest BCUT2D eigenvalue weighted by molar-refractivity contribution is 6.00. The van der Waals surface area contributed by atoms with Crippen molar-refractivity contribution in [3.05, 3.63) is 371 Å². The van der Waals surface area contributed by atoms with Crippen molar-refractivity contribution in [2.45, 2.75) is 10.8 Å². The summed E-state index contributed by atoms with van der Waals surface area (Å²) >= 11 is 0. The average Bonchev–Trinajstić information content (AvgIpc) is 1.53. The van der Waals surface area contributed by atoms with E-state index in [-0.39, 0.29) is 0 Å². The van der Waals surface area contributed by atoms with Crippen molar-refractivity contribution in [2.75, 3.05) is 9.80 Å². The van der Waals surface area contributed by atoms with Gasteiger partial charge in [-0.25, -0.2) is 0 Å². The number of benzene rings is 14. The summed E-state index contributed by atoms with van der Waals surface area (Å²) in [5.41, 5.74) is 28.7. The second-order valence-electron chi connectivity index (χ2n) is 23.5. The van der Waals surface area contributed by atoms with Crippen molar-refractivity contribution in [1.82, 2.24) is 0 Å². The number of para-hydroxylation sites is 2. The molecule has 2 heteroatoms. The summed E-state index contributed by atoms with van der Waals surface area (Å²) in [6.07, 6.45) is 4.69. The molecule has 0 aliphatic heterocycles. The van der Waals surface area contributed by atoms with E-state index in [0.29, 0.717) is 0 Å². The van der Waals surface area contributed by atoms with Crippen LogP contribution in [0.5, 0.6) is 0 Å². The van der Waals surface area contributed by atoms with E-state index in [1.807, 2.05) is 0 Å². The van der Waals surface area contributed by atoms with Crippen LogP contribution in [0.25, 0.3) is 78.2 Å². The lowest BCUT2D eigenvalue weighted by Gasteiger charge is -2.32. The Kier molecular flexibility index (Phi) is 10.6. The summed E-state index contributed by atoms with van der Waals surface area (Å²) in [6.45, 7) is 0. The van der Waals surface area contributed by atoms with Crippen molar-refractivity contribution < 1.29 is 0 Å². The van der Waals surface area contributed by atoms with Crippen LogP contribution in [-0.4, -0.2) is 0 Å². The molecule has 4 aliphatic rings. The maximum absolute atomic E-state index is 2.50. The standard InChI is InChI=1S/C84H54N2/c1-3-23-61(24-4-1)85(63-41-39-57-19-7-9-21-59(57)51-63)65-43-47-73-71-45-37-55(49-79(71)83(81(73)53-65)75-31-15-11-27-67(75)68-28-12-16-32-76(68)83)35-36-56-38-46-72-74-48-44-66(86(62-25-5-2-6-26-62)64-42-40-58-20-8-10-22-60(58)52-64)54-82(74)84(80(72)50-56)77-33-17-13-29-69(77)70-30-14-18-34-78(70)84/h1-54H/b36-35+. The van der Waals surface area contributed by atoms with Crippen molar-refractivity contribution >= 4 is 67.8 Å². The minimum atomic E-state index is -0.554. The zero-order chi connectivity index (χ0) is 56.5. The first-order valence-corrected chi connectivity index (χ1v) is 30.0. The van der Waals surface area contributed by atoms with Crippen LogP contribution in [0.15, 0.2) is 315 Å². The molecule has 0 unspecified atom stereocenters. The number of hydrogen-bond acceptors (Lipinski definition) is 2. The molecule has 400 valence electrons. The Morgan fingerprint density at radius 2 is 0.465 bits per heavy atom. The fourth-order valence-corrected chi connectivity index (χ4v) is 15.6. The Hall–Kier alpha value is -11.1. The maximum Gasteiger partial charge on any atom is 0.0726 e. The third-order valence-electron chi connectivity index (χ3n) is 19.2. The third kappa shape index (κ3) is 6.90. The molecule has 14 aromatic rings. The molecule has 0 fully saturated rings. The van der Waals surface area contributed by atoms with Gasteiger partial charge in [-0.15, -0.1) is 0 Å². The number of fused-ring (bicyclic) bond motifs is 22. The Morgan fingerprint density at radius 1 is 0.186 bits per heavy atom. The largest absolute Gasteiger partial charge is 0.310 e. The van der Waals surface area contributed by atoms with Crippen molar-refractivity contribution in [3.63, 3.8) is 0 Å². The molecule has 0 atom stereocenters. The summed E-state index contributed by atoms with van der Waals surface area (Å²) in [6, 6.07) is 118. The number of nitrogens with zero attached hydrogens (tertiary/aromatic N) is 2. The molecule has 86 heavy (non-hydrogen) atoms. The van der Waals surface area contributed by atoms with E-state index >= 15 is 0 Å². The molecule has 0 saturated heterocycles. The predicted molar refractivity (Wildman–Crippen MR) is 359 cm³/mol. The van der Waals surface area contributed by atoms with Gasteiger partial charge in [0.1, 0.15) is 0 Å². The van der Waals surface area contributed by atoms with Gasteiger partial charge in [-0.05, 0) is 207 Å². The molecular formula is C84H54N2. The first kappa shape index (κ1) is 48.5. The number of hydrogen-bond donors (Lipinski definition) is 0. The van der Waals surface area contributed by atoms with Crippen LogP contribution < -0.4 is 9.80 Å². The molecule has 18 rings (SSSR count). The van der Waals surface area contributed by atoms with Gasteiger partial charge >= 0.3 is 0 Å². The van der Waals surface area contributed by atoms with Gasteiger partial charge in [-0.2, -0.15) is 0 Å². The minimum Gasteiger partial charge on any atom is -0.310 e. The summed E-state index contributed by atoms with van der Waals surface area (Å²) in [5.74, 6) is 0. The molecule has 0 amide bonds. The van der Waals surface area contributed by atoms with Crippen LogP contribution in [-0.2, 0) is 10.8 Å². The van der Waals surface area contributed by atoms with E-state index in [1.165, 1.54) is 111 Å². The topological polar surface area (TPSA) is 6.48 Å². The van der Waals surface area contributed by atoms with E-state index in [1.54, 1.807) is 0 Å². The fourth-order valence-electron chi connectivity index (χ4n) is 15.6. The third-order valence-corrected chi connectivity index (χ3v) is 19.2. The fraction of sp³-hybridized carbons (Fsp3) is 0.0238. The number of rotatable bonds is 8. The molecule has 0 saturated carbocycles. The first-order valence-electron chi connectivity index (χ1n) is 30.0. The summed E-state index contributed by atoms with van der Waals surface area (Å²) in [5, 5.41) is 4.88. The lowest BCUT2D eigenvalue weighted by molar-refractivity contribution is 0.793. The van der Waals surface area contributed by atoms with Gasteiger partial charge in [0.05, 0.1) is 10.8 Å². The molecule has 4 aliphatic carbocycles. The molecule has 0 heterocycles. The predicted octanol–water partition coefficient (Wildman–Crippen LogP) is 21.8. The van der Waals surface area contributed by atoms with Crippen LogP contribution in [0.4, 0.5) is 34.1 Å². The second kappa shape index (κ2) is 18.7. The lowest BCUT2D eigenvalue weighted by Crippen LogP contribution is -2.26.